The van der Waals surface area contributed by atoms with Crippen molar-refractivity contribution in [2.24, 2.45) is 0 Å². The Morgan fingerprint density at radius 3 is 1.35 bits per heavy atom. The second-order valence-corrected chi connectivity index (χ2v) is 8.50. The van der Waals surface area contributed by atoms with Crippen LogP contribution in [0.3, 0.4) is 0 Å². The van der Waals surface area contributed by atoms with Crippen LogP contribution in [0.5, 0.6) is 0 Å². The summed E-state index contributed by atoms with van der Waals surface area (Å²) in [6, 6.07) is 9.87. The summed E-state index contributed by atoms with van der Waals surface area (Å²) in [6.07, 6.45) is 7.26. The average molecular weight is 465 g/mol. The molecule has 2 aromatic rings. The van der Waals surface area contributed by atoms with Crippen LogP contribution >= 0.6 is 0 Å². The molecular formula is C26H32N4O4. The highest BCUT2D eigenvalue weighted by atomic mass is 16.2. The molecule has 1 aliphatic rings. The number of hydrogen-bond acceptors (Lipinski definition) is 6. The van der Waals surface area contributed by atoms with Crippen LogP contribution in [0.2, 0.25) is 0 Å². The van der Waals surface area contributed by atoms with Gasteiger partial charge < -0.3 is 10.6 Å². The number of fused-ring (bicyclic) bond motifs is 4. The second kappa shape index (κ2) is 13.3. The summed E-state index contributed by atoms with van der Waals surface area (Å²) in [6.45, 7) is 0.969. The SMILES string of the molecule is O=C1CCCCCCCC(=O)c2cccc(n2)C(=O)NCCCCCNC(=O)c2cccc1n2. The quantitative estimate of drug-likeness (QED) is 0.610. The van der Waals surface area contributed by atoms with E-state index in [4.69, 9.17) is 0 Å². The fourth-order valence-corrected chi connectivity index (χ4v) is 3.80. The molecule has 0 unspecified atom stereocenters. The molecule has 2 aromatic heterocycles. The zero-order valence-electron chi connectivity index (χ0n) is 19.5. The summed E-state index contributed by atoms with van der Waals surface area (Å²) in [5, 5.41) is 5.66. The summed E-state index contributed by atoms with van der Waals surface area (Å²) in [5.74, 6) is -0.713. The molecule has 8 nitrogen and oxygen atoms in total. The first kappa shape index (κ1) is 25.2. The van der Waals surface area contributed by atoms with Crippen molar-refractivity contribution >= 4 is 23.4 Å². The molecule has 8 heteroatoms. The van der Waals surface area contributed by atoms with E-state index in [0.717, 1.165) is 51.4 Å². The number of nitrogens with one attached hydrogen (secondary N) is 2. The molecule has 2 N–H and O–H groups in total. The number of rotatable bonds is 0. The number of carbonyl (C=O) groups excluding carboxylic acids is 4. The Morgan fingerprint density at radius 2 is 0.882 bits per heavy atom. The van der Waals surface area contributed by atoms with E-state index < -0.39 is 0 Å². The van der Waals surface area contributed by atoms with Crippen LogP contribution in [0.25, 0.3) is 0 Å². The molecule has 34 heavy (non-hydrogen) atoms. The Hall–Kier alpha value is -3.42. The highest BCUT2D eigenvalue weighted by molar-refractivity contribution is 5.98. The van der Waals surface area contributed by atoms with E-state index in [-0.39, 0.29) is 34.8 Å². The van der Waals surface area contributed by atoms with Crippen molar-refractivity contribution in [1.82, 2.24) is 20.6 Å². The van der Waals surface area contributed by atoms with E-state index in [2.05, 4.69) is 20.6 Å². The molecule has 0 saturated heterocycles. The van der Waals surface area contributed by atoms with Crippen LogP contribution in [0.15, 0.2) is 36.4 Å². The topological polar surface area (TPSA) is 118 Å². The second-order valence-electron chi connectivity index (χ2n) is 8.50. The van der Waals surface area contributed by atoms with Gasteiger partial charge in [0.2, 0.25) is 0 Å². The number of amides is 2. The Balaban J connectivity index is 1.60. The van der Waals surface area contributed by atoms with Crippen LogP contribution in [-0.4, -0.2) is 46.4 Å². The fourth-order valence-electron chi connectivity index (χ4n) is 3.80. The first-order chi connectivity index (χ1) is 16.5. The van der Waals surface area contributed by atoms with E-state index in [1.54, 1.807) is 36.4 Å². The van der Waals surface area contributed by atoms with Crippen LogP contribution in [0.4, 0.5) is 0 Å². The normalized spacial score (nSPS) is 17.9. The highest BCUT2D eigenvalue weighted by Gasteiger charge is 2.14. The Morgan fingerprint density at radius 1 is 0.500 bits per heavy atom. The average Bonchev–Trinajstić information content (AvgIpc) is 2.86. The summed E-state index contributed by atoms with van der Waals surface area (Å²) in [7, 11) is 0. The molecular weight excluding hydrogens is 432 g/mol. The minimum Gasteiger partial charge on any atom is -0.351 e. The van der Waals surface area contributed by atoms with Crippen LogP contribution in [-0.2, 0) is 0 Å². The molecule has 2 amide bonds. The number of Topliss-reactive ketones (excluding diaryl/α,β-unsaturated/α-hetero) is 2. The molecule has 0 atom stereocenters. The third-order valence-electron chi connectivity index (χ3n) is 5.77. The van der Waals surface area contributed by atoms with Crippen LogP contribution < -0.4 is 10.6 Å². The Labute approximate surface area is 200 Å². The number of nitrogens with zero attached hydrogens (tertiary/aromatic N) is 2. The first-order valence-electron chi connectivity index (χ1n) is 12.1. The van der Waals surface area contributed by atoms with Crippen molar-refractivity contribution in [2.45, 2.75) is 64.2 Å². The standard InChI is InChI=1S/C26H32N4O4/c31-23-15-5-2-1-3-6-16-24(32)20-12-10-14-22(30-20)26(34)28-18-8-4-7-17-27-25(33)21-13-9-11-19(23)29-21/h9-14H,1-8,15-18H2,(H,27,33)(H,28,34). The first-order valence-corrected chi connectivity index (χ1v) is 12.1. The maximum atomic E-state index is 12.5. The van der Waals surface area contributed by atoms with Crippen molar-refractivity contribution < 1.29 is 19.2 Å². The number of aromatic nitrogens is 2. The minimum atomic E-state index is -0.294. The smallest absolute Gasteiger partial charge is 0.269 e. The fraction of sp³-hybridized carbons (Fsp3) is 0.462. The number of pyridine rings is 2. The van der Waals surface area contributed by atoms with Crippen LogP contribution in [0.1, 0.15) is 106 Å². The molecule has 0 aromatic carbocycles. The summed E-state index contributed by atoms with van der Waals surface area (Å²) in [4.78, 5) is 58.2. The lowest BCUT2D eigenvalue weighted by molar-refractivity contribution is 0.0938. The molecule has 3 heterocycles. The zero-order chi connectivity index (χ0) is 24.2. The maximum Gasteiger partial charge on any atom is 0.269 e. The minimum absolute atomic E-state index is 0.0627. The molecule has 4 bridgehead atoms. The van der Waals surface area contributed by atoms with Crippen molar-refractivity contribution in [3.8, 4) is 0 Å². The monoisotopic (exact) mass is 464 g/mol. The van der Waals surface area contributed by atoms with Gasteiger partial charge in [0, 0.05) is 25.9 Å². The predicted molar refractivity (Wildman–Crippen MR) is 128 cm³/mol. The van der Waals surface area contributed by atoms with E-state index >= 15 is 0 Å². The summed E-state index contributed by atoms with van der Waals surface area (Å²) < 4.78 is 0. The summed E-state index contributed by atoms with van der Waals surface area (Å²) in [5.41, 5.74) is 1.12. The Kier molecular flexibility index (Phi) is 9.88. The lowest BCUT2D eigenvalue weighted by atomic mass is 10.0. The molecule has 0 radical (unpaired) electrons. The molecule has 180 valence electrons. The largest absolute Gasteiger partial charge is 0.351 e. The lowest BCUT2D eigenvalue weighted by Gasteiger charge is -2.08. The van der Waals surface area contributed by atoms with Gasteiger partial charge in [-0.05, 0) is 56.4 Å². The number of carbonyl (C=O) groups is 4. The third-order valence-corrected chi connectivity index (χ3v) is 5.77. The molecule has 1 aliphatic heterocycles. The number of ketones is 2. The van der Waals surface area contributed by atoms with Gasteiger partial charge in [-0.3, -0.25) is 19.2 Å². The van der Waals surface area contributed by atoms with Gasteiger partial charge in [0.05, 0.1) is 0 Å². The van der Waals surface area contributed by atoms with Crippen LogP contribution in [0, 0.1) is 0 Å². The van der Waals surface area contributed by atoms with E-state index in [9.17, 15) is 19.2 Å². The van der Waals surface area contributed by atoms with E-state index in [1.165, 1.54) is 0 Å². The molecule has 0 saturated carbocycles. The molecule has 0 aliphatic carbocycles. The Bertz CT molecular complexity index is 869. The van der Waals surface area contributed by atoms with E-state index in [1.807, 2.05) is 0 Å². The van der Waals surface area contributed by atoms with Gasteiger partial charge in [-0.15, -0.1) is 0 Å². The molecule has 3 rings (SSSR count). The van der Waals surface area contributed by atoms with Crippen molar-refractivity contribution in [3.63, 3.8) is 0 Å². The van der Waals surface area contributed by atoms with Crippen molar-refractivity contribution in [3.05, 3.63) is 59.2 Å². The van der Waals surface area contributed by atoms with Gasteiger partial charge in [-0.2, -0.15) is 0 Å². The highest BCUT2D eigenvalue weighted by Crippen LogP contribution is 2.13. The predicted octanol–water partition coefficient (Wildman–Crippen LogP) is 3.92. The van der Waals surface area contributed by atoms with Gasteiger partial charge in [0.25, 0.3) is 11.8 Å². The molecule has 0 fully saturated rings. The van der Waals surface area contributed by atoms with Gasteiger partial charge in [0.15, 0.2) is 11.6 Å². The zero-order valence-corrected chi connectivity index (χ0v) is 19.5. The van der Waals surface area contributed by atoms with Gasteiger partial charge >= 0.3 is 0 Å². The van der Waals surface area contributed by atoms with Gasteiger partial charge in [-0.25, -0.2) is 9.97 Å². The van der Waals surface area contributed by atoms with Gasteiger partial charge in [-0.1, -0.05) is 31.4 Å². The lowest BCUT2D eigenvalue weighted by Crippen LogP contribution is -2.27. The van der Waals surface area contributed by atoms with Gasteiger partial charge in [0.1, 0.15) is 22.8 Å². The van der Waals surface area contributed by atoms with Crippen molar-refractivity contribution in [1.29, 1.82) is 0 Å². The number of hydrogen-bond donors (Lipinski definition) is 2. The van der Waals surface area contributed by atoms with E-state index in [0.29, 0.717) is 37.3 Å². The maximum absolute atomic E-state index is 12.5. The van der Waals surface area contributed by atoms with Crippen molar-refractivity contribution in [2.75, 3.05) is 13.1 Å². The summed E-state index contributed by atoms with van der Waals surface area (Å²) >= 11 is 0. The molecule has 0 spiro atoms. The third kappa shape index (κ3) is 7.86.